The molecular weight excluding hydrogens is 448 g/mol. The number of nitrogens with one attached hydrogen (secondary N) is 1. The SMILES string of the molecule is CC(C)[C@H](CO)Nc1nc(N2CCN(c3ccc(Cl)c(C#N)c3)CC2)nc2c1[S+]([O-])CC2. The molecule has 1 aromatic heterocycles. The zero-order chi connectivity index (χ0) is 22.8. The second-order valence-electron chi connectivity index (χ2n) is 8.38. The number of aromatic nitrogens is 2. The zero-order valence-corrected chi connectivity index (χ0v) is 19.8. The van der Waals surface area contributed by atoms with Crippen LogP contribution in [0.4, 0.5) is 17.5 Å². The summed E-state index contributed by atoms with van der Waals surface area (Å²) in [6, 6.07) is 7.48. The minimum atomic E-state index is -1.12. The van der Waals surface area contributed by atoms with E-state index in [2.05, 4.69) is 21.2 Å². The van der Waals surface area contributed by atoms with Crippen LogP contribution in [-0.2, 0) is 17.6 Å². The summed E-state index contributed by atoms with van der Waals surface area (Å²) < 4.78 is 12.6. The van der Waals surface area contributed by atoms with Gasteiger partial charge >= 0.3 is 0 Å². The Hall–Kier alpha value is -2.25. The van der Waals surface area contributed by atoms with Gasteiger partial charge in [0.2, 0.25) is 10.8 Å². The van der Waals surface area contributed by atoms with Crippen LogP contribution in [0.25, 0.3) is 0 Å². The Balaban J connectivity index is 1.54. The standard InChI is InChI=1S/C22H27ClN6O2S/c1-14(2)19(13-30)25-21-20-18(5-10-32(20)31)26-22(27-21)29-8-6-28(7-9-29)16-3-4-17(23)15(11-16)12-24/h3-4,11,14,19,30H,5-10,13H2,1-2H3,(H,25,26,27)/t19-,32?/m0/s1. The molecular formula is C22H27ClN6O2S. The van der Waals surface area contributed by atoms with E-state index in [0.29, 0.717) is 39.4 Å². The van der Waals surface area contributed by atoms with Gasteiger partial charge in [-0.3, -0.25) is 0 Å². The Bertz CT molecular complexity index is 1020. The van der Waals surface area contributed by atoms with Crippen LogP contribution in [-0.4, -0.2) is 64.2 Å². The summed E-state index contributed by atoms with van der Waals surface area (Å²) in [5.74, 6) is 1.95. The van der Waals surface area contributed by atoms with Crippen molar-refractivity contribution in [3.8, 4) is 6.07 Å². The lowest BCUT2D eigenvalue weighted by atomic mass is 10.1. The minimum Gasteiger partial charge on any atom is -0.611 e. The summed E-state index contributed by atoms with van der Waals surface area (Å²) >= 11 is 4.94. The second kappa shape index (κ2) is 9.71. The lowest BCUT2D eigenvalue weighted by molar-refractivity contribution is 0.248. The van der Waals surface area contributed by atoms with Crippen molar-refractivity contribution in [1.82, 2.24) is 9.97 Å². The number of anilines is 3. The summed E-state index contributed by atoms with van der Waals surface area (Å²) in [6.07, 6.45) is 0.666. The van der Waals surface area contributed by atoms with Crippen molar-refractivity contribution >= 4 is 40.2 Å². The molecule has 0 saturated carbocycles. The summed E-state index contributed by atoms with van der Waals surface area (Å²) in [5.41, 5.74) is 2.27. The van der Waals surface area contributed by atoms with Gasteiger partial charge in [-0.25, -0.2) is 4.98 Å². The lowest BCUT2D eigenvalue weighted by Crippen LogP contribution is -2.47. The number of fused-ring (bicyclic) bond motifs is 1. The Morgan fingerprint density at radius 3 is 2.62 bits per heavy atom. The predicted octanol–water partition coefficient (Wildman–Crippen LogP) is 2.42. The van der Waals surface area contributed by atoms with E-state index in [9.17, 15) is 14.9 Å². The van der Waals surface area contributed by atoms with Gasteiger partial charge < -0.3 is 24.8 Å². The number of hydrogen-bond donors (Lipinski definition) is 2. The van der Waals surface area contributed by atoms with Crippen molar-refractivity contribution in [2.24, 2.45) is 5.92 Å². The highest BCUT2D eigenvalue weighted by Gasteiger charge is 2.34. The van der Waals surface area contributed by atoms with Gasteiger partial charge in [0, 0.05) is 38.3 Å². The van der Waals surface area contributed by atoms with Crippen molar-refractivity contribution in [2.45, 2.75) is 31.2 Å². The van der Waals surface area contributed by atoms with Crippen molar-refractivity contribution < 1.29 is 9.66 Å². The molecule has 0 aliphatic carbocycles. The summed E-state index contributed by atoms with van der Waals surface area (Å²) in [6.45, 7) is 6.99. The first-order chi connectivity index (χ1) is 15.4. The number of aryl methyl sites for hydroxylation is 1. The molecule has 2 N–H and O–H groups in total. The Morgan fingerprint density at radius 2 is 1.97 bits per heavy atom. The molecule has 1 fully saturated rings. The Labute approximate surface area is 196 Å². The molecule has 3 heterocycles. The first-order valence-electron chi connectivity index (χ1n) is 10.8. The van der Waals surface area contributed by atoms with Crippen LogP contribution in [0.1, 0.15) is 25.1 Å². The molecule has 1 aromatic carbocycles. The number of aliphatic hydroxyl groups excluding tert-OH is 1. The first-order valence-corrected chi connectivity index (χ1v) is 12.5. The van der Waals surface area contributed by atoms with Gasteiger partial charge in [0.1, 0.15) is 17.5 Å². The molecule has 32 heavy (non-hydrogen) atoms. The average Bonchev–Trinajstić information content (AvgIpc) is 3.18. The monoisotopic (exact) mass is 474 g/mol. The van der Waals surface area contributed by atoms with E-state index in [1.165, 1.54) is 0 Å². The number of rotatable bonds is 6. The van der Waals surface area contributed by atoms with Crippen LogP contribution in [0.2, 0.25) is 5.02 Å². The van der Waals surface area contributed by atoms with Gasteiger partial charge in [-0.15, -0.1) is 0 Å². The van der Waals surface area contributed by atoms with E-state index >= 15 is 0 Å². The molecule has 170 valence electrons. The molecule has 2 aliphatic heterocycles. The minimum absolute atomic E-state index is 0.0249. The summed E-state index contributed by atoms with van der Waals surface area (Å²) in [5, 5.41) is 22.8. The first kappa shape index (κ1) is 22.9. The van der Waals surface area contributed by atoms with Crippen LogP contribution in [0.3, 0.4) is 0 Å². The van der Waals surface area contributed by atoms with Gasteiger partial charge in [0.05, 0.1) is 23.2 Å². The van der Waals surface area contributed by atoms with E-state index < -0.39 is 11.2 Å². The Morgan fingerprint density at radius 1 is 1.25 bits per heavy atom. The van der Waals surface area contributed by atoms with Gasteiger partial charge in [-0.05, 0) is 35.3 Å². The van der Waals surface area contributed by atoms with Crippen molar-refractivity contribution in [3.05, 3.63) is 34.5 Å². The fourth-order valence-corrected chi connectivity index (χ4v) is 5.46. The highest BCUT2D eigenvalue weighted by molar-refractivity contribution is 7.91. The average molecular weight is 475 g/mol. The normalized spacial score (nSPS) is 19.1. The van der Waals surface area contributed by atoms with Gasteiger partial charge in [-0.2, -0.15) is 10.2 Å². The van der Waals surface area contributed by atoms with Crippen LogP contribution in [0, 0.1) is 17.2 Å². The predicted molar refractivity (Wildman–Crippen MR) is 127 cm³/mol. The van der Waals surface area contributed by atoms with Crippen LogP contribution in [0.5, 0.6) is 0 Å². The van der Waals surface area contributed by atoms with Crippen LogP contribution < -0.4 is 15.1 Å². The third-order valence-corrected chi connectivity index (χ3v) is 7.79. The third kappa shape index (κ3) is 4.59. The highest BCUT2D eigenvalue weighted by atomic mass is 35.5. The van der Waals surface area contributed by atoms with E-state index in [1.54, 1.807) is 6.07 Å². The third-order valence-electron chi connectivity index (χ3n) is 6.00. The smallest absolute Gasteiger partial charge is 0.228 e. The van der Waals surface area contributed by atoms with E-state index in [-0.39, 0.29) is 18.6 Å². The fourth-order valence-electron chi connectivity index (χ4n) is 3.98. The molecule has 2 aliphatic rings. The van der Waals surface area contributed by atoms with Gasteiger partial charge in [-0.1, -0.05) is 25.4 Å². The van der Waals surface area contributed by atoms with Crippen molar-refractivity contribution in [3.63, 3.8) is 0 Å². The van der Waals surface area contributed by atoms with Crippen LogP contribution >= 0.6 is 11.6 Å². The number of piperazine rings is 1. The van der Waals surface area contributed by atoms with E-state index in [0.717, 1.165) is 37.6 Å². The van der Waals surface area contributed by atoms with Crippen molar-refractivity contribution in [2.75, 3.05) is 53.7 Å². The number of hydrogen-bond acceptors (Lipinski definition) is 8. The number of halogens is 1. The topological polar surface area (TPSA) is 111 Å². The molecule has 0 spiro atoms. The van der Waals surface area contributed by atoms with E-state index in [4.69, 9.17) is 21.6 Å². The number of nitrogens with zero attached hydrogens (tertiary/aromatic N) is 5. The molecule has 0 bridgehead atoms. The number of benzene rings is 1. The molecule has 1 saturated heterocycles. The fraction of sp³-hybridized carbons (Fsp3) is 0.500. The summed E-state index contributed by atoms with van der Waals surface area (Å²) in [4.78, 5) is 14.5. The van der Waals surface area contributed by atoms with E-state index in [1.807, 2.05) is 26.0 Å². The second-order valence-corrected chi connectivity index (χ2v) is 10.3. The molecule has 2 aromatic rings. The summed E-state index contributed by atoms with van der Waals surface area (Å²) in [7, 11) is 0. The Kier molecular flexibility index (Phi) is 6.96. The highest BCUT2D eigenvalue weighted by Crippen LogP contribution is 2.33. The largest absolute Gasteiger partial charge is 0.611 e. The molecule has 10 heteroatoms. The maximum atomic E-state index is 12.6. The number of aliphatic hydroxyl groups is 1. The molecule has 8 nitrogen and oxygen atoms in total. The molecule has 2 atom stereocenters. The molecule has 4 rings (SSSR count). The van der Waals surface area contributed by atoms with Crippen molar-refractivity contribution in [1.29, 1.82) is 5.26 Å². The molecule has 0 amide bonds. The van der Waals surface area contributed by atoms with Crippen LogP contribution in [0.15, 0.2) is 23.1 Å². The maximum absolute atomic E-state index is 12.6. The van der Waals surface area contributed by atoms with Gasteiger partial charge in [0.25, 0.3) is 0 Å². The quantitative estimate of drug-likeness (QED) is 0.614. The lowest BCUT2D eigenvalue weighted by Gasteiger charge is -2.36. The number of nitriles is 1. The maximum Gasteiger partial charge on any atom is 0.228 e. The molecule has 1 unspecified atom stereocenters. The zero-order valence-electron chi connectivity index (χ0n) is 18.2. The van der Waals surface area contributed by atoms with Gasteiger partial charge in [0.15, 0.2) is 5.82 Å². The molecule has 0 radical (unpaired) electrons.